The lowest BCUT2D eigenvalue weighted by molar-refractivity contribution is -0.191. The van der Waals surface area contributed by atoms with Crippen LogP contribution in [0.25, 0.3) is 0 Å². The predicted molar refractivity (Wildman–Crippen MR) is 57.7 cm³/mol. The van der Waals surface area contributed by atoms with E-state index in [9.17, 15) is 0 Å². The van der Waals surface area contributed by atoms with Crippen LogP contribution in [0, 0.1) is 0 Å². The van der Waals surface area contributed by atoms with Crippen LogP contribution in [-0.2, 0) is 14.2 Å². The van der Waals surface area contributed by atoms with Crippen LogP contribution in [0.2, 0.25) is 0 Å². The fourth-order valence-corrected chi connectivity index (χ4v) is 2.24. The van der Waals surface area contributed by atoms with Crippen LogP contribution in [0.3, 0.4) is 0 Å². The van der Waals surface area contributed by atoms with Crippen molar-refractivity contribution >= 4 is 0 Å². The molecule has 2 rings (SSSR count). The van der Waals surface area contributed by atoms with E-state index in [0.717, 1.165) is 44.5 Å². The SMILES string of the molecule is C=C(C)COC1CCC2(CC1)OCCO2. The molecule has 0 bridgehead atoms. The minimum Gasteiger partial charge on any atom is -0.374 e. The van der Waals surface area contributed by atoms with E-state index in [1.165, 1.54) is 0 Å². The second-order valence-electron chi connectivity index (χ2n) is 4.58. The number of rotatable bonds is 3. The zero-order valence-corrected chi connectivity index (χ0v) is 9.46. The molecule has 0 aromatic rings. The first kappa shape index (κ1) is 11.1. The molecule has 2 aliphatic rings. The zero-order valence-electron chi connectivity index (χ0n) is 9.46. The monoisotopic (exact) mass is 212 g/mol. The van der Waals surface area contributed by atoms with Crippen molar-refractivity contribution in [2.45, 2.75) is 44.5 Å². The Morgan fingerprint density at radius 2 is 1.93 bits per heavy atom. The second-order valence-corrected chi connectivity index (χ2v) is 4.58. The van der Waals surface area contributed by atoms with Crippen molar-refractivity contribution in [1.29, 1.82) is 0 Å². The molecule has 1 saturated carbocycles. The Morgan fingerprint density at radius 3 is 2.47 bits per heavy atom. The first-order valence-electron chi connectivity index (χ1n) is 5.74. The van der Waals surface area contributed by atoms with Crippen LogP contribution < -0.4 is 0 Å². The fraction of sp³-hybridized carbons (Fsp3) is 0.833. The Bertz CT molecular complexity index is 221. The summed E-state index contributed by atoms with van der Waals surface area (Å²) >= 11 is 0. The van der Waals surface area contributed by atoms with E-state index in [1.54, 1.807) is 0 Å². The maximum Gasteiger partial charge on any atom is 0.168 e. The van der Waals surface area contributed by atoms with Gasteiger partial charge in [0.1, 0.15) is 0 Å². The molecule has 3 heteroatoms. The highest BCUT2D eigenvalue weighted by Crippen LogP contribution is 2.36. The molecule has 1 saturated heterocycles. The highest BCUT2D eigenvalue weighted by Gasteiger charge is 2.40. The molecular formula is C12H20O3. The Hall–Kier alpha value is -0.380. The highest BCUT2D eigenvalue weighted by molar-refractivity contribution is 4.89. The maximum atomic E-state index is 5.74. The van der Waals surface area contributed by atoms with Gasteiger partial charge in [0.25, 0.3) is 0 Å². The average Bonchev–Trinajstić information content (AvgIpc) is 2.66. The molecule has 0 amide bonds. The van der Waals surface area contributed by atoms with E-state index in [-0.39, 0.29) is 5.79 Å². The minimum absolute atomic E-state index is 0.261. The summed E-state index contributed by atoms with van der Waals surface area (Å²) < 4.78 is 17.1. The minimum atomic E-state index is -0.261. The van der Waals surface area contributed by atoms with E-state index in [0.29, 0.717) is 12.7 Å². The first-order valence-corrected chi connectivity index (χ1v) is 5.74. The topological polar surface area (TPSA) is 27.7 Å². The van der Waals surface area contributed by atoms with Gasteiger partial charge in [0.15, 0.2) is 5.79 Å². The molecule has 2 fully saturated rings. The largest absolute Gasteiger partial charge is 0.374 e. The molecule has 0 unspecified atom stereocenters. The predicted octanol–water partition coefficient (Wildman–Crippen LogP) is 2.26. The van der Waals surface area contributed by atoms with Crippen molar-refractivity contribution in [2.24, 2.45) is 0 Å². The molecule has 0 atom stereocenters. The number of ether oxygens (including phenoxy) is 3. The van der Waals surface area contributed by atoms with Crippen molar-refractivity contribution in [3.63, 3.8) is 0 Å². The molecule has 1 aliphatic heterocycles. The molecular weight excluding hydrogens is 192 g/mol. The van der Waals surface area contributed by atoms with Crippen molar-refractivity contribution in [3.8, 4) is 0 Å². The normalized spacial score (nSPS) is 25.9. The zero-order chi connectivity index (χ0) is 10.7. The summed E-state index contributed by atoms with van der Waals surface area (Å²) in [4.78, 5) is 0. The van der Waals surface area contributed by atoms with Gasteiger partial charge >= 0.3 is 0 Å². The van der Waals surface area contributed by atoms with Gasteiger partial charge in [0, 0.05) is 12.8 Å². The maximum absolute atomic E-state index is 5.74. The van der Waals surface area contributed by atoms with Crippen LogP contribution in [0.1, 0.15) is 32.6 Å². The molecule has 0 aromatic carbocycles. The molecule has 3 nitrogen and oxygen atoms in total. The standard InChI is InChI=1S/C12H20O3/c1-10(2)9-13-11-3-5-12(6-4-11)14-7-8-15-12/h11H,1,3-9H2,2H3. The molecule has 0 N–H and O–H groups in total. The Balaban J connectivity index is 1.74. The molecule has 1 spiro atoms. The van der Waals surface area contributed by atoms with Gasteiger partial charge in [-0.3, -0.25) is 0 Å². The molecule has 0 radical (unpaired) electrons. The van der Waals surface area contributed by atoms with Crippen LogP contribution in [0.4, 0.5) is 0 Å². The van der Waals surface area contributed by atoms with E-state index in [2.05, 4.69) is 6.58 Å². The lowest BCUT2D eigenvalue weighted by Crippen LogP contribution is -2.37. The third kappa shape index (κ3) is 2.80. The Kier molecular flexibility index (Phi) is 3.44. The van der Waals surface area contributed by atoms with Crippen LogP contribution in [-0.4, -0.2) is 31.7 Å². The number of hydrogen-bond donors (Lipinski definition) is 0. The lowest BCUT2D eigenvalue weighted by atomic mass is 9.92. The molecule has 1 heterocycles. The molecule has 15 heavy (non-hydrogen) atoms. The fourth-order valence-electron chi connectivity index (χ4n) is 2.24. The summed E-state index contributed by atoms with van der Waals surface area (Å²) in [6, 6.07) is 0. The number of hydrogen-bond acceptors (Lipinski definition) is 3. The Labute approximate surface area is 91.4 Å². The van der Waals surface area contributed by atoms with E-state index < -0.39 is 0 Å². The molecule has 0 aromatic heterocycles. The van der Waals surface area contributed by atoms with Gasteiger partial charge < -0.3 is 14.2 Å². The Morgan fingerprint density at radius 1 is 1.33 bits per heavy atom. The van der Waals surface area contributed by atoms with E-state index in [1.807, 2.05) is 6.92 Å². The van der Waals surface area contributed by atoms with Gasteiger partial charge in [-0.25, -0.2) is 0 Å². The van der Waals surface area contributed by atoms with Crippen LogP contribution >= 0.6 is 0 Å². The summed E-state index contributed by atoms with van der Waals surface area (Å²) in [7, 11) is 0. The van der Waals surface area contributed by atoms with Crippen molar-refractivity contribution < 1.29 is 14.2 Å². The van der Waals surface area contributed by atoms with E-state index in [4.69, 9.17) is 14.2 Å². The summed E-state index contributed by atoms with van der Waals surface area (Å²) in [6.07, 6.45) is 4.36. The summed E-state index contributed by atoms with van der Waals surface area (Å²) in [5.74, 6) is -0.261. The average molecular weight is 212 g/mol. The van der Waals surface area contributed by atoms with Gasteiger partial charge in [-0.1, -0.05) is 12.2 Å². The van der Waals surface area contributed by atoms with E-state index >= 15 is 0 Å². The second kappa shape index (κ2) is 4.64. The van der Waals surface area contributed by atoms with Gasteiger partial charge in [-0.2, -0.15) is 0 Å². The summed E-state index contributed by atoms with van der Waals surface area (Å²) in [5, 5.41) is 0. The smallest absolute Gasteiger partial charge is 0.168 e. The molecule has 1 aliphatic carbocycles. The lowest BCUT2D eigenvalue weighted by Gasteiger charge is -2.35. The van der Waals surface area contributed by atoms with Crippen molar-refractivity contribution in [1.82, 2.24) is 0 Å². The van der Waals surface area contributed by atoms with Gasteiger partial charge in [-0.15, -0.1) is 0 Å². The van der Waals surface area contributed by atoms with Crippen LogP contribution in [0.15, 0.2) is 12.2 Å². The quantitative estimate of drug-likeness (QED) is 0.672. The highest BCUT2D eigenvalue weighted by atomic mass is 16.7. The third-order valence-electron chi connectivity index (χ3n) is 3.07. The van der Waals surface area contributed by atoms with Crippen LogP contribution in [0.5, 0.6) is 0 Å². The van der Waals surface area contributed by atoms with Crippen molar-refractivity contribution in [3.05, 3.63) is 12.2 Å². The van der Waals surface area contributed by atoms with Crippen molar-refractivity contribution in [2.75, 3.05) is 19.8 Å². The summed E-state index contributed by atoms with van der Waals surface area (Å²) in [6.45, 7) is 8.00. The molecule has 86 valence electrons. The third-order valence-corrected chi connectivity index (χ3v) is 3.07. The first-order chi connectivity index (χ1) is 7.20. The van der Waals surface area contributed by atoms with Gasteiger partial charge in [-0.05, 0) is 19.8 Å². The van der Waals surface area contributed by atoms with Gasteiger partial charge in [0.05, 0.1) is 25.9 Å². The van der Waals surface area contributed by atoms with Gasteiger partial charge in [0.2, 0.25) is 0 Å². The summed E-state index contributed by atoms with van der Waals surface area (Å²) in [5.41, 5.74) is 1.09.